The van der Waals surface area contributed by atoms with Crippen molar-refractivity contribution in [3.05, 3.63) is 98.3 Å². The molecule has 0 saturated carbocycles. The van der Waals surface area contributed by atoms with Crippen LogP contribution in [-0.4, -0.2) is 39.1 Å². The Morgan fingerprint density at radius 3 is 2.56 bits per heavy atom. The van der Waals surface area contributed by atoms with Crippen LogP contribution in [0.4, 0.5) is 22.9 Å². The van der Waals surface area contributed by atoms with E-state index in [-0.39, 0.29) is 13.1 Å². The Balaban J connectivity index is 1.44. The molecule has 0 radical (unpaired) electrons. The predicted octanol–water partition coefficient (Wildman–Crippen LogP) is 3.94. The van der Waals surface area contributed by atoms with Gasteiger partial charge in [0, 0.05) is 36.3 Å². The minimum Gasteiger partial charge on any atom is -0.339 e. The Kier molecular flexibility index (Phi) is 5.78. The third-order valence-corrected chi connectivity index (χ3v) is 7.82. The van der Waals surface area contributed by atoms with Gasteiger partial charge in [0.1, 0.15) is 5.82 Å². The van der Waals surface area contributed by atoms with Gasteiger partial charge in [-0.2, -0.15) is 4.31 Å². The predicted molar refractivity (Wildman–Crippen MR) is 130 cm³/mol. The molecule has 2 aromatic carbocycles. The Morgan fingerprint density at radius 1 is 0.972 bits per heavy atom. The fourth-order valence-electron chi connectivity index (χ4n) is 4.17. The van der Waals surface area contributed by atoms with Crippen molar-refractivity contribution in [2.75, 3.05) is 11.9 Å². The van der Waals surface area contributed by atoms with Crippen LogP contribution in [0, 0.1) is 20.2 Å². The Labute approximate surface area is 204 Å². The number of rotatable bonds is 6. The number of anilines is 2. The minimum absolute atomic E-state index is 0.0288. The largest absolute Gasteiger partial charge is 0.339 e. The average molecular weight is 507 g/mol. The average Bonchev–Trinajstić information content (AvgIpc) is 2.88. The van der Waals surface area contributed by atoms with Crippen molar-refractivity contribution in [3.8, 4) is 0 Å². The molecule has 0 atom stereocenters. The van der Waals surface area contributed by atoms with Gasteiger partial charge in [-0.3, -0.25) is 25.2 Å². The first-order valence-corrected chi connectivity index (χ1v) is 12.2. The second kappa shape index (κ2) is 8.94. The van der Waals surface area contributed by atoms with Crippen LogP contribution >= 0.6 is 0 Å². The lowest BCUT2D eigenvalue weighted by atomic mass is 10.0. The monoisotopic (exact) mass is 506 g/mol. The van der Waals surface area contributed by atoms with Crippen LogP contribution in [0.15, 0.2) is 71.9 Å². The molecule has 0 amide bonds. The van der Waals surface area contributed by atoms with Gasteiger partial charge in [0.25, 0.3) is 11.4 Å². The zero-order valence-electron chi connectivity index (χ0n) is 18.6. The summed E-state index contributed by atoms with van der Waals surface area (Å²) in [7, 11) is -4.30. The summed E-state index contributed by atoms with van der Waals surface area (Å²) in [4.78, 5) is 29.0. The van der Waals surface area contributed by atoms with Crippen molar-refractivity contribution in [2.45, 2.75) is 17.9 Å². The maximum atomic E-state index is 13.3. The number of non-ortho nitro benzene ring substituents is 1. The van der Waals surface area contributed by atoms with Crippen LogP contribution < -0.4 is 5.32 Å². The first kappa shape index (κ1) is 23.3. The molecule has 182 valence electrons. The van der Waals surface area contributed by atoms with E-state index in [9.17, 15) is 28.6 Å². The molecule has 2 aromatic heterocycles. The highest BCUT2D eigenvalue weighted by atomic mass is 32.2. The van der Waals surface area contributed by atoms with Gasteiger partial charge < -0.3 is 5.32 Å². The topological polar surface area (TPSA) is 161 Å². The summed E-state index contributed by atoms with van der Waals surface area (Å²) in [5.74, 6) is 0.572. The van der Waals surface area contributed by atoms with Gasteiger partial charge in [0.05, 0.1) is 33.3 Å². The van der Waals surface area contributed by atoms with E-state index in [1.54, 1.807) is 18.5 Å². The molecule has 0 saturated heterocycles. The number of nitro benzene ring substituents is 2. The maximum Gasteiger partial charge on any atom is 0.296 e. The van der Waals surface area contributed by atoms with Gasteiger partial charge in [0.2, 0.25) is 10.0 Å². The van der Waals surface area contributed by atoms with Crippen LogP contribution in [0.5, 0.6) is 0 Å². The summed E-state index contributed by atoms with van der Waals surface area (Å²) in [6.45, 7) is 0.0266. The van der Waals surface area contributed by atoms with E-state index in [4.69, 9.17) is 0 Å². The van der Waals surface area contributed by atoms with Crippen LogP contribution in [0.25, 0.3) is 10.9 Å². The minimum atomic E-state index is -4.30. The van der Waals surface area contributed by atoms with Crippen molar-refractivity contribution in [2.24, 2.45) is 0 Å². The molecular formula is C23H18N6O6S. The number of hydrogen-bond acceptors (Lipinski definition) is 9. The summed E-state index contributed by atoms with van der Waals surface area (Å²) >= 11 is 0. The van der Waals surface area contributed by atoms with Crippen molar-refractivity contribution < 1.29 is 18.3 Å². The second-order valence-electron chi connectivity index (χ2n) is 8.09. The Morgan fingerprint density at radius 2 is 1.78 bits per heavy atom. The van der Waals surface area contributed by atoms with Gasteiger partial charge >= 0.3 is 0 Å². The highest BCUT2D eigenvalue weighted by Crippen LogP contribution is 2.34. The summed E-state index contributed by atoms with van der Waals surface area (Å²) < 4.78 is 27.8. The third-order valence-electron chi connectivity index (χ3n) is 5.93. The smallest absolute Gasteiger partial charge is 0.296 e. The molecule has 1 N–H and O–H groups in total. The molecule has 3 heterocycles. The Hall–Kier alpha value is -4.49. The molecule has 4 aromatic rings. The zero-order valence-corrected chi connectivity index (χ0v) is 19.4. The highest BCUT2D eigenvalue weighted by Gasteiger charge is 2.35. The fraction of sp³-hybridized carbons (Fsp3) is 0.130. The molecule has 1 aliphatic heterocycles. The third kappa shape index (κ3) is 4.21. The lowest BCUT2D eigenvalue weighted by Gasteiger charge is -2.29. The molecule has 5 rings (SSSR count). The van der Waals surface area contributed by atoms with Crippen molar-refractivity contribution >= 4 is 43.8 Å². The number of benzene rings is 2. The first-order valence-electron chi connectivity index (χ1n) is 10.8. The summed E-state index contributed by atoms with van der Waals surface area (Å²) in [6.07, 6.45) is 3.56. The molecule has 36 heavy (non-hydrogen) atoms. The zero-order chi connectivity index (χ0) is 25.4. The maximum absolute atomic E-state index is 13.3. The molecular weight excluding hydrogens is 488 g/mol. The normalized spacial score (nSPS) is 13.8. The van der Waals surface area contributed by atoms with E-state index in [2.05, 4.69) is 15.3 Å². The van der Waals surface area contributed by atoms with E-state index in [1.165, 1.54) is 0 Å². The highest BCUT2D eigenvalue weighted by molar-refractivity contribution is 7.89. The summed E-state index contributed by atoms with van der Waals surface area (Å²) in [5, 5.41) is 26.7. The van der Waals surface area contributed by atoms with Gasteiger partial charge in [-0.15, -0.1) is 0 Å². The number of nitrogens with one attached hydrogen (secondary N) is 1. The van der Waals surface area contributed by atoms with Crippen LogP contribution in [0.3, 0.4) is 0 Å². The van der Waals surface area contributed by atoms with Crippen LogP contribution in [0.2, 0.25) is 0 Å². The molecule has 0 aliphatic carbocycles. The Bertz CT molecular complexity index is 1640. The first-order chi connectivity index (χ1) is 17.2. The van der Waals surface area contributed by atoms with E-state index in [0.717, 1.165) is 38.6 Å². The molecule has 0 fully saturated rings. The molecule has 0 bridgehead atoms. The van der Waals surface area contributed by atoms with Crippen LogP contribution in [0.1, 0.15) is 11.1 Å². The summed E-state index contributed by atoms with van der Waals surface area (Å²) in [5.41, 5.74) is 1.71. The number of nitro groups is 2. The fourth-order valence-corrected chi connectivity index (χ4v) is 5.73. The molecule has 0 spiro atoms. The number of nitrogens with zero attached hydrogens (tertiary/aromatic N) is 5. The van der Waals surface area contributed by atoms with Crippen molar-refractivity contribution in [1.29, 1.82) is 0 Å². The number of para-hydroxylation sites is 1. The van der Waals surface area contributed by atoms with E-state index < -0.39 is 36.1 Å². The SMILES string of the molecule is O=[N+]([O-])c1ccc(S(=O)(=O)N2CCc3c(ccnc3Nc3cnc4ccccc4c3)C2)c([N+](=O)[O-])c1. The molecule has 0 unspecified atom stereocenters. The number of sulfonamides is 1. The lowest BCUT2D eigenvalue weighted by molar-refractivity contribution is -0.396. The number of pyridine rings is 2. The second-order valence-corrected chi connectivity index (χ2v) is 10.0. The lowest BCUT2D eigenvalue weighted by Crippen LogP contribution is -2.36. The van der Waals surface area contributed by atoms with Gasteiger partial charge in [-0.25, -0.2) is 13.4 Å². The quantitative estimate of drug-likeness (QED) is 0.301. The van der Waals surface area contributed by atoms with E-state index in [1.807, 2.05) is 30.3 Å². The van der Waals surface area contributed by atoms with Crippen LogP contribution in [-0.2, 0) is 23.0 Å². The van der Waals surface area contributed by atoms with Crippen molar-refractivity contribution in [1.82, 2.24) is 14.3 Å². The molecule has 1 aliphatic rings. The van der Waals surface area contributed by atoms with Gasteiger partial charge in [0.15, 0.2) is 4.90 Å². The number of fused-ring (bicyclic) bond motifs is 2. The number of hydrogen-bond donors (Lipinski definition) is 1. The number of aromatic nitrogens is 2. The molecule has 13 heteroatoms. The van der Waals surface area contributed by atoms with Gasteiger partial charge in [-0.1, -0.05) is 18.2 Å². The summed E-state index contributed by atoms with van der Waals surface area (Å²) in [6, 6.07) is 13.8. The van der Waals surface area contributed by atoms with Crippen molar-refractivity contribution in [3.63, 3.8) is 0 Å². The van der Waals surface area contributed by atoms with E-state index >= 15 is 0 Å². The van der Waals surface area contributed by atoms with E-state index in [0.29, 0.717) is 23.9 Å². The van der Waals surface area contributed by atoms with Gasteiger partial charge in [-0.05, 0) is 36.2 Å². The standard InChI is InChI=1S/C23H18N6O6S/c30-28(31)18-5-6-22(21(12-18)29(32)33)36(34,35)27-10-8-19-16(14-27)7-9-24-23(19)26-17-11-15-3-1-2-4-20(15)25-13-17/h1-7,9,11-13H,8,10,14H2,(H,24,26). The molecule has 12 nitrogen and oxygen atoms in total.